The van der Waals surface area contributed by atoms with E-state index in [1.54, 1.807) is 12.3 Å². The molecule has 1 heterocycles. The zero-order chi connectivity index (χ0) is 11.7. The fourth-order valence-corrected chi connectivity index (χ4v) is 2.00. The Labute approximate surface area is 102 Å². The Bertz CT molecular complexity index is 418. The molecule has 2 rings (SSSR count). The number of halogens is 1. The lowest BCUT2D eigenvalue weighted by atomic mass is 10.2. The molecular formula is C11H13BrN2O2. The van der Waals surface area contributed by atoms with Crippen molar-refractivity contribution >= 4 is 27.7 Å². The Morgan fingerprint density at radius 3 is 2.94 bits per heavy atom. The van der Waals surface area contributed by atoms with Gasteiger partial charge in [0.25, 0.3) is 0 Å². The van der Waals surface area contributed by atoms with Gasteiger partial charge in [-0.2, -0.15) is 0 Å². The summed E-state index contributed by atoms with van der Waals surface area (Å²) in [6, 6.07) is 1.59. The highest BCUT2D eigenvalue weighted by atomic mass is 79.9. The van der Waals surface area contributed by atoms with Gasteiger partial charge in [-0.3, -0.25) is 0 Å². The second-order valence-corrected chi connectivity index (χ2v) is 5.07. The van der Waals surface area contributed by atoms with Crippen molar-refractivity contribution in [2.24, 2.45) is 5.92 Å². The van der Waals surface area contributed by atoms with Gasteiger partial charge in [0.2, 0.25) is 0 Å². The fraction of sp³-hybridized carbons (Fsp3) is 0.455. The van der Waals surface area contributed by atoms with Gasteiger partial charge in [0, 0.05) is 24.3 Å². The second kappa shape index (κ2) is 4.41. The van der Waals surface area contributed by atoms with E-state index in [0.717, 1.165) is 6.54 Å². The van der Waals surface area contributed by atoms with Gasteiger partial charge in [-0.25, -0.2) is 9.78 Å². The van der Waals surface area contributed by atoms with E-state index in [1.165, 1.54) is 12.8 Å². The summed E-state index contributed by atoms with van der Waals surface area (Å²) in [5.41, 5.74) is 0.248. The first-order valence-corrected chi connectivity index (χ1v) is 5.97. The number of aromatic nitrogens is 1. The van der Waals surface area contributed by atoms with Crippen LogP contribution in [0, 0.1) is 5.92 Å². The smallest absolute Gasteiger partial charge is 0.339 e. The minimum Gasteiger partial charge on any atom is -0.478 e. The zero-order valence-corrected chi connectivity index (χ0v) is 10.6. The Balaban J connectivity index is 2.26. The molecule has 16 heavy (non-hydrogen) atoms. The van der Waals surface area contributed by atoms with E-state index < -0.39 is 5.97 Å². The lowest BCUT2D eigenvalue weighted by Gasteiger charge is -2.19. The number of rotatable bonds is 4. The molecule has 0 spiro atoms. The third-order valence-corrected chi connectivity index (χ3v) is 3.09. The van der Waals surface area contributed by atoms with Crippen molar-refractivity contribution in [3.63, 3.8) is 0 Å². The SMILES string of the molecule is CN(CC1CC1)c1ncc(Br)cc1C(=O)O. The summed E-state index contributed by atoms with van der Waals surface area (Å²) >= 11 is 3.23. The highest BCUT2D eigenvalue weighted by molar-refractivity contribution is 9.10. The summed E-state index contributed by atoms with van der Waals surface area (Å²) in [4.78, 5) is 17.2. The first kappa shape index (κ1) is 11.4. The molecule has 0 unspecified atom stereocenters. The molecule has 0 amide bonds. The topological polar surface area (TPSA) is 53.4 Å². The molecule has 0 aromatic carbocycles. The van der Waals surface area contributed by atoms with Crippen molar-refractivity contribution in [3.8, 4) is 0 Å². The van der Waals surface area contributed by atoms with Gasteiger partial charge >= 0.3 is 5.97 Å². The molecule has 1 N–H and O–H groups in total. The standard InChI is InChI=1S/C11H13BrN2O2/c1-14(6-7-2-3-7)10-9(11(15)16)4-8(12)5-13-10/h4-5,7H,2-3,6H2,1H3,(H,15,16). The number of nitrogens with zero attached hydrogens (tertiary/aromatic N) is 2. The highest BCUT2D eigenvalue weighted by Crippen LogP contribution is 2.31. The Kier molecular flexibility index (Phi) is 3.14. The van der Waals surface area contributed by atoms with Crippen LogP contribution in [0.15, 0.2) is 16.7 Å². The van der Waals surface area contributed by atoms with Crippen LogP contribution in [0.2, 0.25) is 0 Å². The summed E-state index contributed by atoms with van der Waals surface area (Å²) in [5.74, 6) is 0.311. The van der Waals surface area contributed by atoms with Crippen LogP contribution in [-0.4, -0.2) is 29.7 Å². The monoisotopic (exact) mass is 284 g/mol. The predicted octanol–water partition coefficient (Wildman–Crippen LogP) is 2.39. The molecule has 1 aliphatic carbocycles. The second-order valence-electron chi connectivity index (χ2n) is 4.15. The molecule has 0 bridgehead atoms. The van der Waals surface area contributed by atoms with Crippen molar-refractivity contribution in [1.29, 1.82) is 0 Å². The molecule has 4 nitrogen and oxygen atoms in total. The van der Waals surface area contributed by atoms with Gasteiger partial charge in [-0.15, -0.1) is 0 Å². The minimum absolute atomic E-state index is 0.248. The highest BCUT2D eigenvalue weighted by Gasteiger charge is 2.25. The van der Waals surface area contributed by atoms with E-state index in [9.17, 15) is 4.79 Å². The molecule has 86 valence electrons. The maximum absolute atomic E-state index is 11.1. The molecule has 1 aromatic heterocycles. The van der Waals surface area contributed by atoms with Gasteiger partial charge in [-0.1, -0.05) is 0 Å². The Hall–Kier alpha value is -1.10. The van der Waals surface area contributed by atoms with E-state index in [0.29, 0.717) is 16.2 Å². The van der Waals surface area contributed by atoms with Crippen LogP contribution >= 0.6 is 15.9 Å². The molecule has 0 radical (unpaired) electrons. The van der Waals surface area contributed by atoms with Crippen LogP contribution in [0.25, 0.3) is 0 Å². The van der Waals surface area contributed by atoms with Crippen LogP contribution in [0.5, 0.6) is 0 Å². The molecule has 1 fully saturated rings. The van der Waals surface area contributed by atoms with E-state index in [-0.39, 0.29) is 5.56 Å². The number of pyridine rings is 1. The molecule has 1 saturated carbocycles. The van der Waals surface area contributed by atoms with E-state index >= 15 is 0 Å². The first-order chi connectivity index (χ1) is 7.58. The van der Waals surface area contributed by atoms with Crippen LogP contribution in [-0.2, 0) is 0 Å². The number of anilines is 1. The summed E-state index contributed by atoms with van der Waals surface area (Å²) in [6.45, 7) is 0.884. The minimum atomic E-state index is -0.938. The maximum Gasteiger partial charge on any atom is 0.339 e. The molecule has 1 aliphatic rings. The summed E-state index contributed by atoms with van der Waals surface area (Å²) < 4.78 is 0.688. The van der Waals surface area contributed by atoms with Gasteiger partial charge in [-0.05, 0) is 40.8 Å². The van der Waals surface area contributed by atoms with E-state index in [2.05, 4.69) is 20.9 Å². The number of hydrogen-bond donors (Lipinski definition) is 1. The van der Waals surface area contributed by atoms with Crippen molar-refractivity contribution < 1.29 is 9.90 Å². The first-order valence-electron chi connectivity index (χ1n) is 5.18. The summed E-state index contributed by atoms with van der Waals surface area (Å²) in [6.07, 6.45) is 4.11. The molecule has 0 saturated heterocycles. The number of carboxylic acids is 1. The molecule has 5 heteroatoms. The normalized spacial score (nSPS) is 14.9. The Morgan fingerprint density at radius 1 is 1.69 bits per heavy atom. The largest absolute Gasteiger partial charge is 0.478 e. The Morgan fingerprint density at radius 2 is 2.38 bits per heavy atom. The van der Waals surface area contributed by atoms with Crippen molar-refractivity contribution in [2.75, 3.05) is 18.5 Å². The molecular weight excluding hydrogens is 272 g/mol. The quantitative estimate of drug-likeness (QED) is 0.922. The maximum atomic E-state index is 11.1. The zero-order valence-electron chi connectivity index (χ0n) is 8.98. The van der Waals surface area contributed by atoms with Gasteiger partial charge in [0.15, 0.2) is 0 Å². The molecule has 1 aromatic rings. The van der Waals surface area contributed by atoms with E-state index in [4.69, 9.17) is 5.11 Å². The fourth-order valence-electron chi connectivity index (χ4n) is 1.67. The molecule has 0 aliphatic heterocycles. The summed E-state index contributed by atoms with van der Waals surface area (Å²) in [7, 11) is 1.89. The van der Waals surface area contributed by atoms with Crippen molar-refractivity contribution in [2.45, 2.75) is 12.8 Å². The number of hydrogen-bond acceptors (Lipinski definition) is 3. The van der Waals surface area contributed by atoms with Crippen LogP contribution in [0.3, 0.4) is 0 Å². The van der Waals surface area contributed by atoms with Crippen LogP contribution in [0.4, 0.5) is 5.82 Å². The third kappa shape index (κ3) is 2.52. The van der Waals surface area contributed by atoms with E-state index in [1.807, 2.05) is 11.9 Å². The third-order valence-electron chi connectivity index (χ3n) is 2.65. The average Bonchev–Trinajstić information content (AvgIpc) is 3.01. The summed E-state index contributed by atoms with van der Waals surface area (Å²) in [5, 5.41) is 9.10. The van der Waals surface area contributed by atoms with Gasteiger partial charge in [0.1, 0.15) is 11.4 Å². The van der Waals surface area contributed by atoms with Gasteiger partial charge < -0.3 is 10.0 Å². The number of carboxylic acid groups (broad SMARTS) is 1. The van der Waals surface area contributed by atoms with Crippen molar-refractivity contribution in [3.05, 3.63) is 22.3 Å². The lowest BCUT2D eigenvalue weighted by Crippen LogP contribution is -2.23. The van der Waals surface area contributed by atoms with Gasteiger partial charge in [0.05, 0.1) is 0 Å². The lowest BCUT2D eigenvalue weighted by molar-refractivity contribution is 0.0697. The number of aromatic carboxylic acids is 1. The van der Waals surface area contributed by atoms with Crippen LogP contribution in [0.1, 0.15) is 23.2 Å². The molecule has 0 atom stereocenters. The van der Waals surface area contributed by atoms with Crippen LogP contribution < -0.4 is 4.90 Å². The number of carbonyl (C=O) groups is 1. The van der Waals surface area contributed by atoms with Crippen molar-refractivity contribution in [1.82, 2.24) is 4.98 Å². The average molecular weight is 285 g/mol. The predicted molar refractivity (Wildman–Crippen MR) is 64.9 cm³/mol.